The maximum atomic E-state index is 13.0. The summed E-state index contributed by atoms with van der Waals surface area (Å²) in [4.78, 5) is 35.0. The van der Waals surface area contributed by atoms with Crippen molar-refractivity contribution in [3.63, 3.8) is 0 Å². The molecule has 1 fully saturated rings. The standard InChI is InChI=1S/C24H30N6O2S/c1-2-3-12-29-23(32)22-19(11-17-33-22)30-20(25-26-24(29)30)9-10-21(31)28-15-13-27(14-16-28)18-7-5-4-6-8-18/h4-8,11,17,24,26H,2-3,9-10,12-16H2,1H3. The molecule has 1 aromatic carbocycles. The summed E-state index contributed by atoms with van der Waals surface area (Å²) >= 11 is 1.47. The third kappa shape index (κ3) is 4.17. The highest BCUT2D eigenvalue weighted by Crippen LogP contribution is 2.37. The Kier molecular flexibility index (Phi) is 6.22. The topological polar surface area (TPSA) is 71.5 Å². The molecular weight excluding hydrogens is 436 g/mol. The van der Waals surface area contributed by atoms with Gasteiger partial charge in [-0.25, -0.2) is 0 Å². The average molecular weight is 467 g/mol. The van der Waals surface area contributed by atoms with Gasteiger partial charge < -0.3 is 9.80 Å². The third-order valence-corrected chi connectivity index (χ3v) is 7.45. The molecule has 9 heteroatoms. The van der Waals surface area contributed by atoms with Crippen LogP contribution in [0.5, 0.6) is 0 Å². The summed E-state index contributed by atoms with van der Waals surface area (Å²) in [5.74, 6) is 1.05. The molecule has 1 N–H and O–H groups in total. The van der Waals surface area contributed by atoms with Crippen LogP contribution in [0, 0.1) is 0 Å². The van der Waals surface area contributed by atoms with Gasteiger partial charge in [0.1, 0.15) is 10.7 Å². The number of amidine groups is 1. The first-order chi connectivity index (χ1) is 16.2. The van der Waals surface area contributed by atoms with Crippen molar-refractivity contribution in [2.75, 3.05) is 42.5 Å². The van der Waals surface area contributed by atoms with E-state index in [1.807, 2.05) is 39.4 Å². The van der Waals surface area contributed by atoms with Crippen molar-refractivity contribution in [3.8, 4) is 0 Å². The van der Waals surface area contributed by atoms with Crippen molar-refractivity contribution >= 4 is 40.4 Å². The third-order valence-electron chi connectivity index (χ3n) is 6.55. The van der Waals surface area contributed by atoms with E-state index in [2.05, 4.69) is 39.4 Å². The zero-order chi connectivity index (χ0) is 22.8. The Labute approximate surface area is 198 Å². The van der Waals surface area contributed by atoms with Crippen molar-refractivity contribution in [2.45, 2.75) is 38.9 Å². The lowest BCUT2D eigenvalue weighted by Gasteiger charge is -2.40. The largest absolute Gasteiger partial charge is 0.368 e. The molecular formula is C24H30N6O2S. The highest BCUT2D eigenvalue weighted by atomic mass is 32.1. The van der Waals surface area contributed by atoms with Gasteiger partial charge in [-0.2, -0.15) is 5.10 Å². The monoisotopic (exact) mass is 466 g/mol. The zero-order valence-electron chi connectivity index (χ0n) is 18.9. The number of unbranched alkanes of at least 4 members (excludes halogenated alkanes) is 1. The normalized spacial score (nSPS) is 19.8. The molecule has 0 radical (unpaired) electrons. The van der Waals surface area contributed by atoms with Gasteiger partial charge in [0.25, 0.3) is 5.91 Å². The highest BCUT2D eigenvalue weighted by Gasteiger charge is 2.43. The lowest BCUT2D eigenvalue weighted by molar-refractivity contribution is -0.131. The molecule has 1 atom stereocenters. The average Bonchev–Trinajstić information content (AvgIpc) is 3.50. The van der Waals surface area contributed by atoms with Crippen LogP contribution in [0.3, 0.4) is 0 Å². The first kappa shape index (κ1) is 21.8. The second-order valence-electron chi connectivity index (χ2n) is 8.59. The van der Waals surface area contributed by atoms with Gasteiger partial charge in [-0.1, -0.05) is 31.5 Å². The van der Waals surface area contributed by atoms with Crippen molar-refractivity contribution in [1.29, 1.82) is 0 Å². The Hall–Kier alpha value is -3.07. The number of carbonyl (C=O) groups excluding carboxylic acids is 2. The number of hydrogen-bond donors (Lipinski definition) is 1. The molecule has 0 spiro atoms. The Morgan fingerprint density at radius 2 is 1.94 bits per heavy atom. The van der Waals surface area contributed by atoms with Gasteiger partial charge in [-0.05, 0) is 30.0 Å². The van der Waals surface area contributed by atoms with Crippen molar-refractivity contribution in [2.24, 2.45) is 5.10 Å². The maximum Gasteiger partial charge on any atom is 0.269 e. The van der Waals surface area contributed by atoms with Gasteiger partial charge in [-0.15, -0.1) is 11.3 Å². The number of hydrazone groups is 1. The molecule has 2 amide bonds. The highest BCUT2D eigenvalue weighted by molar-refractivity contribution is 7.12. The number of benzene rings is 1. The van der Waals surface area contributed by atoms with Gasteiger partial charge in [-0.3, -0.25) is 24.8 Å². The van der Waals surface area contributed by atoms with E-state index in [4.69, 9.17) is 0 Å². The van der Waals surface area contributed by atoms with E-state index in [0.717, 1.165) is 55.4 Å². The molecule has 33 heavy (non-hydrogen) atoms. The smallest absolute Gasteiger partial charge is 0.269 e. The van der Waals surface area contributed by atoms with E-state index >= 15 is 0 Å². The van der Waals surface area contributed by atoms with Crippen LogP contribution < -0.4 is 15.2 Å². The van der Waals surface area contributed by atoms with E-state index < -0.39 is 0 Å². The number of piperazine rings is 1. The number of carbonyl (C=O) groups is 2. The lowest BCUT2D eigenvalue weighted by atomic mass is 10.1. The minimum absolute atomic E-state index is 0.0611. The van der Waals surface area contributed by atoms with Crippen LogP contribution in [-0.2, 0) is 4.79 Å². The number of amides is 2. The first-order valence-corrected chi connectivity index (χ1v) is 12.6. The summed E-state index contributed by atoms with van der Waals surface area (Å²) in [6.07, 6.45) is 2.63. The number of nitrogens with one attached hydrogen (secondary N) is 1. The molecule has 1 aromatic heterocycles. The zero-order valence-corrected chi connectivity index (χ0v) is 19.8. The summed E-state index contributed by atoms with van der Waals surface area (Å²) in [6.45, 7) is 5.97. The molecule has 2 aromatic rings. The van der Waals surface area contributed by atoms with E-state index in [1.54, 1.807) is 0 Å². The number of hydrogen-bond acceptors (Lipinski definition) is 7. The second-order valence-corrected chi connectivity index (χ2v) is 9.51. The van der Waals surface area contributed by atoms with Crippen LogP contribution in [0.2, 0.25) is 0 Å². The molecule has 174 valence electrons. The molecule has 3 aliphatic rings. The van der Waals surface area contributed by atoms with E-state index in [9.17, 15) is 9.59 Å². The molecule has 0 bridgehead atoms. The molecule has 0 saturated carbocycles. The minimum atomic E-state index is -0.300. The van der Waals surface area contributed by atoms with Gasteiger partial charge in [0.05, 0.1) is 5.69 Å². The van der Waals surface area contributed by atoms with Crippen molar-refractivity contribution in [3.05, 3.63) is 46.7 Å². The van der Waals surface area contributed by atoms with Crippen LogP contribution in [-0.4, -0.2) is 66.5 Å². The van der Waals surface area contributed by atoms with Crippen LogP contribution in [0.1, 0.15) is 42.3 Å². The van der Waals surface area contributed by atoms with Crippen molar-refractivity contribution < 1.29 is 9.59 Å². The predicted molar refractivity (Wildman–Crippen MR) is 132 cm³/mol. The van der Waals surface area contributed by atoms with Gasteiger partial charge in [0.2, 0.25) is 12.2 Å². The van der Waals surface area contributed by atoms with Crippen LogP contribution in [0.25, 0.3) is 0 Å². The van der Waals surface area contributed by atoms with Crippen LogP contribution in [0.15, 0.2) is 46.9 Å². The molecule has 5 rings (SSSR count). The van der Waals surface area contributed by atoms with E-state index in [1.165, 1.54) is 17.0 Å². The number of para-hydroxylation sites is 1. The van der Waals surface area contributed by atoms with Crippen LogP contribution in [0.4, 0.5) is 11.4 Å². The second kappa shape index (κ2) is 9.43. The summed E-state index contributed by atoms with van der Waals surface area (Å²) < 4.78 is 0. The minimum Gasteiger partial charge on any atom is -0.368 e. The van der Waals surface area contributed by atoms with Gasteiger partial charge >= 0.3 is 0 Å². The molecule has 4 heterocycles. The fourth-order valence-corrected chi connectivity index (χ4v) is 5.56. The van der Waals surface area contributed by atoms with E-state index in [0.29, 0.717) is 19.4 Å². The molecule has 1 unspecified atom stereocenters. The number of nitrogens with zero attached hydrogens (tertiary/aromatic N) is 5. The van der Waals surface area contributed by atoms with Gasteiger partial charge in [0, 0.05) is 51.3 Å². The summed E-state index contributed by atoms with van der Waals surface area (Å²) in [5, 5.41) is 6.50. The lowest BCUT2D eigenvalue weighted by Crippen LogP contribution is -2.58. The fourth-order valence-electron chi connectivity index (χ4n) is 4.72. The quantitative estimate of drug-likeness (QED) is 0.679. The Morgan fingerprint density at radius 3 is 2.70 bits per heavy atom. The van der Waals surface area contributed by atoms with Crippen LogP contribution >= 0.6 is 11.3 Å². The summed E-state index contributed by atoms with van der Waals surface area (Å²) in [6, 6.07) is 12.3. The summed E-state index contributed by atoms with van der Waals surface area (Å²) in [7, 11) is 0. The predicted octanol–water partition coefficient (Wildman–Crippen LogP) is 3.14. The van der Waals surface area contributed by atoms with E-state index in [-0.39, 0.29) is 18.1 Å². The van der Waals surface area contributed by atoms with Crippen molar-refractivity contribution in [1.82, 2.24) is 15.2 Å². The Morgan fingerprint density at radius 1 is 1.15 bits per heavy atom. The SMILES string of the molecule is CCCCN1C(=O)c2sccc2N2C(CCC(=O)N3CCN(c4ccccc4)CC3)=NNC12. The molecule has 0 aliphatic carbocycles. The summed E-state index contributed by atoms with van der Waals surface area (Å²) in [5.41, 5.74) is 5.26. The van der Waals surface area contributed by atoms with Gasteiger partial charge in [0.15, 0.2) is 0 Å². The number of rotatable bonds is 7. The molecule has 1 saturated heterocycles. The molecule has 8 nitrogen and oxygen atoms in total. The number of thiophene rings is 1. The fraction of sp³-hybridized carbons (Fsp3) is 0.458. The number of fused-ring (bicyclic) bond motifs is 3. The number of anilines is 2. The molecule has 3 aliphatic heterocycles. The Balaban J connectivity index is 1.20. The Bertz CT molecular complexity index is 1030. The first-order valence-electron chi connectivity index (χ1n) is 11.7. The maximum absolute atomic E-state index is 13.0.